The summed E-state index contributed by atoms with van der Waals surface area (Å²) in [6.45, 7) is 1.14. The molecule has 0 radical (unpaired) electrons. The first-order valence-electron chi connectivity index (χ1n) is 7.26. The lowest BCUT2D eigenvalue weighted by Gasteiger charge is -2.22. The highest BCUT2D eigenvalue weighted by Crippen LogP contribution is 2.24. The van der Waals surface area contributed by atoms with E-state index in [2.05, 4.69) is 10.6 Å². The van der Waals surface area contributed by atoms with Crippen molar-refractivity contribution in [3.63, 3.8) is 0 Å². The Morgan fingerprint density at radius 2 is 2.17 bits per heavy atom. The summed E-state index contributed by atoms with van der Waals surface area (Å²) in [5.74, 6) is 2.12. The molecule has 0 aromatic heterocycles. The minimum absolute atomic E-state index is 0. The fraction of sp³-hybridized carbons (Fsp3) is 0.467. The number of primary amides is 1. The molecule has 8 heteroatoms. The first-order valence-corrected chi connectivity index (χ1v) is 8.41. The maximum absolute atomic E-state index is 12.1. The summed E-state index contributed by atoms with van der Waals surface area (Å²) in [5, 5.41) is 6.20. The predicted octanol–water partition coefficient (Wildman–Crippen LogP) is 1.40. The van der Waals surface area contributed by atoms with E-state index in [4.69, 9.17) is 10.5 Å². The van der Waals surface area contributed by atoms with Gasteiger partial charge in [-0.1, -0.05) is 12.1 Å². The molecule has 1 unspecified atom stereocenters. The molecule has 0 aliphatic carbocycles. The average molecular weight is 360 g/mol. The lowest BCUT2D eigenvalue weighted by molar-refractivity contribution is -0.118. The molecule has 1 aromatic rings. The normalized spacial score (nSPS) is 17.0. The molecule has 1 aliphatic rings. The minimum atomic E-state index is -0.414. The molecule has 0 saturated carbocycles. The SMILES string of the molecule is Cl.NC(=O)CCOc1ccccc1NC(=O)CC1CSCCN1. The fourth-order valence-corrected chi connectivity index (χ4v) is 3.08. The van der Waals surface area contributed by atoms with Crippen molar-refractivity contribution >= 4 is 41.7 Å². The van der Waals surface area contributed by atoms with Gasteiger partial charge >= 0.3 is 0 Å². The van der Waals surface area contributed by atoms with E-state index in [1.165, 1.54) is 0 Å². The summed E-state index contributed by atoms with van der Waals surface area (Å²) in [4.78, 5) is 22.9. The third-order valence-electron chi connectivity index (χ3n) is 3.20. The van der Waals surface area contributed by atoms with Crippen LogP contribution in [0.5, 0.6) is 5.75 Å². The Morgan fingerprint density at radius 1 is 1.39 bits per heavy atom. The number of nitrogens with one attached hydrogen (secondary N) is 2. The summed E-state index contributed by atoms with van der Waals surface area (Å²) in [6, 6.07) is 7.38. The molecule has 6 nitrogen and oxygen atoms in total. The summed E-state index contributed by atoms with van der Waals surface area (Å²) < 4.78 is 5.50. The van der Waals surface area contributed by atoms with Gasteiger partial charge in [0, 0.05) is 30.5 Å². The Kier molecular flexibility index (Phi) is 8.83. The van der Waals surface area contributed by atoms with Gasteiger partial charge in [0.25, 0.3) is 0 Å². The van der Waals surface area contributed by atoms with E-state index < -0.39 is 5.91 Å². The van der Waals surface area contributed by atoms with Crippen LogP contribution in [-0.4, -0.2) is 42.5 Å². The lowest BCUT2D eigenvalue weighted by atomic mass is 10.2. The van der Waals surface area contributed by atoms with Gasteiger partial charge < -0.3 is 21.1 Å². The van der Waals surface area contributed by atoms with Gasteiger partial charge in [-0.3, -0.25) is 9.59 Å². The molecule has 1 heterocycles. The van der Waals surface area contributed by atoms with Gasteiger partial charge in [-0.25, -0.2) is 0 Å². The number of hydrogen-bond donors (Lipinski definition) is 3. The Labute approximate surface area is 146 Å². The number of nitrogens with two attached hydrogens (primary N) is 1. The van der Waals surface area contributed by atoms with Crippen LogP contribution in [0.2, 0.25) is 0 Å². The van der Waals surface area contributed by atoms with E-state index in [0.717, 1.165) is 18.1 Å². The molecule has 2 amide bonds. The number of hydrogen-bond acceptors (Lipinski definition) is 5. The van der Waals surface area contributed by atoms with Gasteiger partial charge in [0.2, 0.25) is 11.8 Å². The number of anilines is 1. The molecular weight excluding hydrogens is 338 g/mol. The van der Waals surface area contributed by atoms with Crippen molar-refractivity contribution in [1.82, 2.24) is 5.32 Å². The molecule has 1 saturated heterocycles. The molecule has 4 N–H and O–H groups in total. The van der Waals surface area contributed by atoms with Gasteiger partial charge in [-0.15, -0.1) is 12.4 Å². The molecule has 23 heavy (non-hydrogen) atoms. The van der Waals surface area contributed by atoms with Gasteiger partial charge in [0.1, 0.15) is 5.75 Å². The van der Waals surface area contributed by atoms with Crippen molar-refractivity contribution in [2.45, 2.75) is 18.9 Å². The molecule has 0 bridgehead atoms. The third kappa shape index (κ3) is 7.11. The van der Waals surface area contributed by atoms with Crippen molar-refractivity contribution in [1.29, 1.82) is 0 Å². The molecule has 1 atom stereocenters. The third-order valence-corrected chi connectivity index (χ3v) is 4.33. The molecule has 1 fully saturated rings. The molecule has 2 rings (SSSR count). The van der Waals surface area contributed by atoms with E-state index in [9.17, 15) is 9.59 Å². The topological polar surface area (TPSA) is 93.5 Å². The van der Waals surface area contributed by atoms with E-state index in [0.29, 0.717) is 17.9 Å². The highest BCUT2D eigenvalue weighted by molar-refractivity contribution is 7.99. The second-order valence-electron chi connectivity index (χ2n) is 5.04. The van der Waals surface area contributed by atoms with Gasteiger partial charge in [-0.2, -0.15) is 11.8 Å². The number of ether oxygens (including phenoxy) is 1. The van der Waals surface area contributed by atoms with Crippen LogP contribution in [-0.2, 0) is 9.59 Å². The van der Waals surface area contributed by atoms with Crippen LogP contribution in [0.1, 0.15) is 12.8 Å². The maximum atomic E-state index is 12.1. The zero-order valence-electron chi connectivity index (χ0n) is 12.7. The highest BCUT2D eigenvalue weighted by atomic mass is 35.5. The fourth-order valence-electron chi connectivity index (χ4n) is 2.13. The quantitative estimate of drug-likeness (QED) is 0.684. The van der Waals surface area contributed by atoms with Crippen LogP contribution in [0, 0.1) is 0 Å². The van der Waals surface area contributed by atoms with E-state index in [1.54, 1.807) is 12.1 Å². The molecular formula is C15H22ClN3O3S. The van der Waals surface area contributed by atoms with E-state index in [1.807, 2.05) is 23.9 Å². The van der Waals surface area contributed by atoms with Crippen LogP contribution < -0.4 is 21.1 Å². The Balaban J connectivity index is 0.00000264. The maximum Gasteiger partial charge on any atom is 0.226 e. The number of carbonyl (C=O) groups is 2. The molecule has 1 aliphatic heterocycles. The standard InChI is InChI=1S/C15H21N3O3S.ClH/c16-14(19)5-7-21-13-4-2-1-3-12(13)18-15(20)9-11-10-22-8-6-17-11;/h1-4,11,17H,5-10H2,(H2,16,19)(H,18,20);1H. The summed E-state index contributed by atoms with van der Waals surface area (Å²) in [7, 11) is 0. The van der Waals surface area contributed by atoms with Crippen LogP contribution in [0.15, 0.2) is 24.3 Å². The van der Waals surface area contributed by atoms with E-state index in [-0.39, 0.29) is 37.4 Å². The largest absolute Gasteiger partial charge is 0.491 e. The molecule has 0 spiro atoms. The monoisotopic (exact) mass is 359 g/mol. The number of rotatable bonds is 7. The number of amides is 2. The van der Waals surface area contributed by atoms with Gasteiger partial charge in [-0.05, 0) is 12.1 Å². The number of halogens is 1. The van der Waals surface area contributed by atoms with Crippen LogP contribution >= 0.6 is 24.2 Å². The zero-order chi connectivity index (χ0) is 15.8. The highest BCUT2D eigenvalue weighted by Gasteiger charge is 2.17. The smallest absolute Gasteiger partial charge is 0.226 e. The Morgan fingerprint density at radius 3 is 2.87 bits per heavy atom. The molecule has 1 aromatic carbocycles. The van der Waals surface area contributed by atoms with Crippen molar-refractivity contribution < 1.29 is 14.3 Å². The first kappa shape index (κ1) is 19.6. The second kappa shape index (κ2) is 10.4. The van der Waals surface area contributed by atoms with Crippen molar-refractivity contribution in [3.8, 4) is 5.75 Å². The summed E-state index contributed by atoms with van der Waals surface area (Å²) in [5.41, 5.74) is 5.69. The van der Waals surface area contributed by atoms with Gasteiger partial charge in [0.15, 0.2) is 0 Å². The van der Waals surface area contributed by atoms with E-state index >= 15 is 0 Å². The molecule has 128 valence electrons. The summed E-state index contributed by atoms with van der Waals surface area (Å²) >= 11 is 1.86. The Hall–Kier alpha value is -1.44. The number of para-hydroxylation sites is 2. The first-order chi connectivity index (χ1) is 10.6. The lowest BCUT2D eigenvalue weighted by Crippen LogP contribution is -2.39. The summed E-state index contributed by atoms with van der Waals surface area (Å²) in [6.07, 6.45) is 0.577. The number of carbonyl (C=O) groups excluding carboxylic acids is 2. The van der Waals surface area contributed by atoms with Crippen molar-refractivity contribution in [2.24, 2.45) is 5.73 Å². The predicted molar refractivity (Wildman–Crippen MR) is 95.4 cm³/mol. The second-order valence-corrected chi connectivity index (χ2v) is 6.19. The minimum Gasteiger partial charge on any atom is -0.491 e. The zero-order valence-corrected chi connectivity index (χ0v) is 14.4. The number of thioether (sulfide) groups is 1. The van der Waals surface area contributed by atoms with Crippen molar-refractivity contribution in [2.75, 3.05) is 30.0 Å². The number of benzene rings is 1. The van der Waals surface area contributed by atoms with Crippen LogP contribution in [0.25, 0.3) is 0 Å². The van der Waals surface area contributed by atoms with Crippen molar-refractivity contribution in [3.05, 3.63) is 24.3 Å². The average Bonchev–Trinajstić information content (AvgIpc) is 2.49. The Bertz CT molecular complexity index is 524. The van der Waals surface area contributed by atoms with Crippen LogP contribution in [0.4, 0.5) is 5.69 Å². The van der Waals surface area contributed by atoms with Gasteiger partial charge in [0.05, 0.1) is 18.7 Å². The van der Waals surface area contributed by atoms with Crippen LogP contribution in [0.3, 0.4) is 0 Å².